The van der Waals surface area contributed by atoms with Crippen molar-refractivity contribution in [2.24, 2.45) is 5.41 Å². The molecule has 0 unspecified atom stereocenters. The highest BCUT2D eigenvalue weighted by Gasteiger charge is 2.41. The molecule has 1 aromatic rings. The van der Waals surface area contributed by atoms with Gasteiger partial charge in [0.1, 0.15) is 5.82 Å². The van der Waals surface area contributed by atoms with Crippen LogP contribution >= 0.6 is 27.5 Å². The van der Waals surface area contributed by atoms with Crippen LogP contribution in [-0.4, -0.2) is 17.4 Å². The van der Waals surface area contributed by atoms with Crippen LogP contribution in [0, 0.1) is 12.3 Å². The summed E-state index contributed by atoms with van der Waals surface area (Å²) < 4.78 is 1.05. The van der Waals surface area contributed by atoms with Gasteiger partial charge in [-0.25, -0.2) is 4.98 Å². The molecule has 1 saturated carbocycles. The van der Waals surface area contributed by atoms with E-state index in [9.17, 15) is 0 Å². The summed E-state index contributed by atoms with van der Waals surface area (Å²) in [6.07, 6.45) is 4.28. The molecule has 2 rings (SSSR count). The van der Waals surface area contributed by atoms with Gasteiger partial charge in [0.25, 0.3) is 0 Å². The van der Waals surface area contributed by atoms with Crippen molar-refractivity contribution >= 4 is 33.3 Å². The number of pyridine rings is 1. The molecule has 0 saturated heterocycles. The standard InChI is InChI=1S/C11H14BrClN2/c1-8-2-5-14-10(9(8)12)15-7-11(6-13)3-4-11/h2,5H,3-4,6-7H2,1H3,(H,14,15). The molecule has 0 atom stereocenters. The highest BCUT2D eigenvalue weighted by atomic mass is 79.9. The average Bonchev–Trinajstić information content (AvgIpc) is 3.01. The topological polar surface area (TPSA) is 24.9 Å². The lowest BCUT2D eigenvalue weighted by atomic mass is 10.1. The van der Waals surface area contributed by atoms with Crippen LogP contribution in [0.5, 0.6) is 0 Å². The van der Waals surface area contributed by atoms with Gasteiger partial charge in [-0.2, -0.15) is 0 Å². The van der Waals surface area contributed by atoms with Crippen LogP contribution in [0.3, 0.4) is 0 Å². The Labute approximate surface area is 104 Å². The van der Waals surface area contributed by atoms with Gasteiger partial charge in [0.2, 0.25) is 0 Å². The number of hydrogen-bond donors (Lipinski definition) is 1. The maximum Gasteiger partial charge on any atom is 0.140 e. The number of nitrogens with one attached hydrogen (secondary N) is 1. The zero-order chi connectivity index (χ0) is 10.9. The van der Waals surface area contributed by atoms with Crippen molar-refractivity contribution in [1.29, 1.82) is 0 Å². The van der Waals surface area contributed by atoms with E-state index in [1.54, 1.807) is 0 Å². The van der Waals surface area contributed by atoms with Gasteiger partial charge in [-0.1, -0.05) is 0 Å². The fraction of sp³-hybridized carbons (Fsp3) is 0.545. The summed E-state index contributed by atoms with van der Waals surface area (Å²) >= 11 is 9.45. The quantitative estimate of drug-likeness (QED) is 0.857. The lowest BCUT2D eigenvalue weighted by Gasteiger charge is -2.14. The minimum Gasteiger partial charge on any atom is -0.369 e. The largest absolute Gasteiger partial charge is 0.369 e. The van der Waals surface area contributed by atoms with Gasteiger partial charge >= 0.3 is 0 Å². The van der Waals surface area contributed by atoms with Gasteiger partial charge in [-0.3, -0.25) is 0 Å². The van der Waals surface area contributed by atoms with E-state index in [0.29, 0.717) is 5.41 Å². The second kappa shape index (κ2) is 4.30. The fourth-order valence-electron chi connectivity index (χ4n) is 1.47. The first-order chi connectivity index (χ1) is 7.17. The molecule has 1 aliphatic carbocycles. The van der Waals surface area contributed by atoms with E-state index in [-0.39, 0.29) is 0 Å². The number of aromatic nitrogens is 1. The van der Waals surface area contributed by atoms with Crippen molar-refractivity contribution in [1.82, 2.24) is 4.98 Å². The first-order valence-corrected chi connectivity index (χ1v) is 6.41. The number of nitrogens with zero attached hydrogens (tertiary/aromatic N) is 1. The van der Waals surface area contributed by atoms with Crippen molar-refractivity contribution in [3.05, 3.63) is 22.3 Å². The van der Waals surface area contributed by atoms with Crippen LogP contribution < -0.4 is 5.32 Å². The molecule has 0 radical (unpaired) electrons. The monoisotopic (exact) mass is 288 g/mol. The van der Waals surface area contributed by atoms with E-state index in [2.05, 4.69) is 33.2 Å². The Morgan fingerprint density at radius 1 is 1.60 bits per heavy atom. The molecular formula is C11H14BrClN2. The second-order valence-electron chi connectivity index (χ2n) is 4.28. The molecule has 15 heavy (non-hydrogen) atoms. The summed E-state index contributed by atoms with van der Waals surface area (Å²) in [4.78, 5) is 4.30. The number of halogens is 2. The van der Waals surface area contributed by atoms with E-state index in [1.807, 2.05) is 12.3 Å². The summed E-state index contributed by atoms with van der Waals surface area (Å²) in [5, 5.41) is 3.37. The highest BCUT2D eigenvalue weighted by Crippen LogP contribution is 2.46. The number of hydrogen-bond acceptors (Lipinski definition) is 2. The first-order valence-electron chi connectivity index (χ1n) is 5.08. The summed E-state index contributed by atoms with van der Waals surface area (Å²) in [6.45, 7) is 2.98. The van der Waals surface area contributed by atoms with Crippen molar-refractivity contribution in [2.75, 3.05) is 17.7 Å². The summed E-state index contributed by atoms with van der Waals surface area (Å²) in [5.74, 6) is 1.66. The molecule has 1 aliphatic rings. The predicted molar refractivity (Wildman–Crippen MR) is 67.6 cm³/mol. The van der Waals surface area contributed by atoms with Crippen molar-refractivity contribution in [3.8, 4) is 0 Å². The van der Waals surface area contributed by atoms with Gasteiger partial charge in [-0.05, 0) is 47.3 Å². The number of anilines is 1. The number of rotatable bonds is 4. The van der Waals surface area contributed by atoms with E-state index in [4.69, 9.17) is 11.6 Å². The Balaban J connectivity index is 2.02. The molecule has 0 amide bonds. The Hall–Kier alpha value is -0.280. The van der Waals surface area contributed by atoms with E-state index >= 15 is 0 Å². The van der Waals surface area contributed by atoms with Gasteiger partial charge in [-0.15, -0.1) is 11.6 Å². The summed E-state index contributed by atoms with van der Waals surface area (Å²) in [6, 6.07) is 1.99. The van der Waals surface area contributed by atoms with Crippen LogP contribution in [0.1, 0.15) is 18.4 Å². The zero-order valence-corrected chi connectivity index (χ0v) is 11.0. The predicted octanol–water partition coefficient (Wildman–Crippen LogP) is 3.58. The molecule has 82 valence electrons. The minimum atomic E-state index is 0.326. The summed E-state index contributed by atoms with van der Waals surface area (Å²) in [7, 11) is 0. The lowest BCUT2D eigenvalue weighted by Crippen LogP contribution is -2.17. The molecule has 4 heteroatoms. The van der Waals surface area contributed by atoms with Crippen molar-refractivity contribution in [2.45, 2.75) is 19.8 Å². The van der Waals surface area contributed by atoms with Crippen LogP contribution in [0.25, 0.3) is 0 Å². The minimum absolute atomic E-state index is 0.326. The molecule has 0 bridgehead atoms. The summed E-state index contributed by atoms with van der Waals surface area (Å²) in [5.41, 5.74) is 1.52. The first kappa shape index (κ1) is 11.2. The van der Waals surface area contributed by atoms with Gasteiger partial charge < -0.3 is 5.32 Å². The molecule has 1 heterocycles. The van der Waals surface area contributed by atoms with Crippen LogP contribution in [0.4, 0.5) is 5.82 Å². The van der Waals surface area contributed by atoms with E-state index < -0.39 is 0 Å². The Bertz CT molecular complexity index is 364. The third-order valence-electron chi connectivity index (χ3n) is 2.95. The smallest absolute Gasteiger partial charge is 0.140 e. The molecule has 0 aromatic carbocycles. The van der Waals surface area contributed by atoms with Crippen LogP contribution in [0.2, 0.25) is 0 Å². The molecule has 0 aliphatic heterocycles. The van der Waals surface area contributed by atoms with E-state index in [0.717, 1.165) is 22.7 Å². The van der Waals surface area contributed by atoms with Crippen molar-refractivity contribution in [3.63, 3.8) is 0 Å². The van der Waals surface area contributed by atoms with Gasteiger partial charge in [0.05, 0.1) is 4.47 Å². The molecule has 1 aromatic heterocycles. The van der Waals surface area contributed by atoms with Crippen LogP contribution in [0.15, 0.2) is 16.7 Å². The third kappa shape index (κ3) is 2.45. The second-order valence-corrected chi connectivity index (χ2v) is 5.34. The normalized spacial score (nSPS) is 17.5. The average molecular weight is 290 g/mol. The number of alkyl halides is 1. The number of aryl methyl sites for hydroxylation is 1. The molecule has 1 N–H and O–H groups in total. The maximum atomic E-state index is 5.92. The highest BCUT2D eigenvalue weighted by molar-refractivity contribution is 9.10. The fourth-order valence-corrected chi connectivity index (χ4v) is 2.21. The Morgan fingerprint density at radius 2 is 2.33 bits per heavy atom. The third-order valence-corrected chi connectivity index (χ3v) is 4.52. The Kier molecular flexibility index (Phi) is 3.21. The SMILES string of the molecule is Cc1ccnc(NCC2(CCl)CC2)c1Br. The molecular weight excluding hydrogens is 275 g/mol. The zero-order valence-electron chi connectivity index (χ0n) is 8.69. The Morgan fingerprint density at radius 3 is 2.93 bits per heavy atom. The molecule has 0 spiro atoms. The van der Waals surface area contributed by atoms with Gasteiger partial charge in [0, 0.05) is 24.0 Å². The van der Waals surface area contributed by atoms with Crippen molar-refractivity contribution < 1.29 is 0 Å². The lowest BCUT2D eigenvalue weighted by molar-refractivity contribution is 0.617. The van der Waals surface area contributed by atoms with Gasteiger partial charge in [0.15, 0.2) is 0 Å². The maximum absolute atomic E-state index is 5.92. The van der Waals surface area contributed by atoms with E-state index in [1.165, 1.54) is 18.4 Å². The molecule has 1 fully saturated rings. The van der Waals surface area contributed by atoms with Crippen LogP contribution in [-0.2, 0) is 0 Å². The molecule has 2 nitrogen and oxygen atoms in total.